The van der Waals surface area contributed by atoms with Crippen molar-refractivity contribution in [2.45, 2.75) is 6.92 Å². The highest BCUT2D eigenvalue weighted by atomic mass is 32.1. The van der Waals surface area contributed by atoms with Crippen LogP contribution in [-0.4, -0.2) is 10.2 Å². The molecule has 0 saturated carbocycles. The van der Waals surface area contributed by atoms with Crippen LogP contribution in [0.4, 0.5) is 0 Å². The van der Waals surface area contributed by atoms with Gasteiger partial charge in [0, 0.05) is 5.56 Å². The van der Waals surface area contributed by atoms with E-state index in [0.29, 0.717) is 5.56 Å². The minimum absolute atomic E-state index is 0.0457. The Morgan fingerprint density at radius 1 is 0.875 bits per heavy atom. The molecule has 0 unspecified atom stereocenters. The number of thiocarbonyl (C=S) groups is 1. The zero-order chi connectivity index (χ0) is 11.8. The number of rotatable bonds is 1. The summed E-state index contributed by atoms with van der Waals surface area (Å²) in [4.78, 5) is 0. The van der Waals surface area contributed by atoms with Crippen molar-refractivity contribution in [1.29, 1.82) is 0 Å². The summed E-state index contributed by atoms with van der Waals surface area (Å²) < 4.78 is 0. The van der Waals surface area contributed by atoms with Crippen molar-refractivity contribution in [2.75, 3.05) is 0 Å². The summed E-state index contributed by atoms with van der Waals surface area (Å²) in [6.07, 6.45) is 0. The van der Waals surface area contributed by atoms with Crippen LogP contribution in [0.2, 0.25) is 0 Å². The first-order valence-electron chi connectivity index (χ1n) is 5.00. The van der Waals surface area contributed by atoms with E-state index in [4.69, 9.17) is 5.11 Å². The van der Waals surface area contributed by atoms with Gasteiger partial charge in [-0.05, 0) is 19.1 Å². The molecule has 2 rings (SSSR count). The van der Waals surface area contributed by atoms with Crippen molar-refractivity contribution >= 4 is 17.3 Å². The van der Waals surface area contributed by atoms with Gasteiger partial charge in [0.2, 0.25) is 0 Å². The summed E-state index contributed by atoms with van der Waals surface area (Å²) in [5.74, 6) is 0. The lowest BCUT2D eigenvalue weighted by Gasteiger charge is -1.91. The van der Waals surface area contributed by atoms with E-state index >= 15 is 0 Å². The van der Waals surface area contributed by atoms with Crippen molar-refractivity contribution in [1.82, 2.24) is 0 Å². The molecule has 2 heteroatoms. The van der Waals surface area contributed by atoms with Gasteiger partial charge in [-0.15, -0.1) is 0 Å². The summed E-state index contributed by atoms with van der Waals surface area (Å²) in [5.41, 5.74) is 2.02. The number of hydrogen-bond donors (Lipinski definition) is 1. The summed E-state index contributed by atoms with van der Waals surface area (Å²) in [6, 6.07) is 19.3. The van der Waals surface area contributed by atoms with Crippen LogP contribution in [0.25, 0.3) is 0 Å². The molecular weight excluding hydrogens is 216 g/mol. The first kappa shape index (κ1) is 12.4. The smallest absolute Gasteiger partial charge is 0.188 e. The molecule has 0 bridgehead atoms. The average molecular weight is 230 g/mol. The van der Waals surface area contributed by atoms with E-state index in [9.17, 15) is 0 Å². The predicted molar refractivity (Wildman–Crippen MR) is 71.9 cm³/mol. The highest BCUT2D eigenvalue weighted by Gasteiger charge is 1.91. The zero-order valence-corrected chi connectivity index (χ0v) is 9.95. The van der Waals surface area contributed by atoms with Gasteiger partial charge in [-0.2, -0.15) is 0 Å². The van der Waals surface area contributed by atoms with Crippen LogP contribution in [0.15, 0.2) is 60.7 Å². The maximum absolute atomic E-state index is 8.76. The predicted octanol–water partition coefficient (Wildman–Crippen LogP) is 3.92. The Kier molecular flexibility index (Phi) is 5.23. The second kappa shape index (κ2) is 6.75. The van der Waals surface area contributed by atoms with Gasteiger partial charge in [-0.25, -0.2) is 0 Å². The topological polar surface area (TPSA) is 20.2 Å². The van der Waals surface area contributed by atoms with Crippen LogP contribution in [0.5, 0.6) is 0 Å². The third-order valence-electron chi connectivity index (χ3n) is 1.96. The normalized spacial score (nSPS) is 8.81. The average Bonchev–Trinajstić information content (AvgIpc) is 2.32. The lowest BCUT2D eigenvalue weighted by Crippen LogP contribution is -1.91. The van der Waals surface area contributed by atoms with E-state index in [1.54, 1.807) is 12.1 Å². The van der Waals surface area contributed by atoms with E-state index in [1.165, 1.54) is 5.56 Å². The number of aryl methyl sites for hydroxylation is 1. The molecule has 0 atom stereocenters. The molecule has 0 amide bonds. The van der Waals surface area contributed by atoms with Gasteiger partial charge in [0.25, 0.3) is 0 Å². The molecule has 0 fully saturated rings. The third kappa shape index (κ3) is 4.71. The van der Waals surface area contributed by atoms with Crippen LogP contribution >= 0.6 is 12.2 Å². The van der Waals surface area contributed by atoms with Crippen molar-refractivity contribution in [2.24, 2.45) is 0 Å². The van der Waals surface area contributed by atoms with Crippen molar-refractivity contribution < 1.29 is 5.11 Å². The molecule has 0 saturated heterocycles. The van der Waals surface area contributed by atoms with Gasteiger partial charge in [-0.1, -0.05) is 66.2 Å². The zero-order valence-electron chi connectivity index (χ0n) is 9.13. The van der Waals surface area contributed by atoms with Crippen LogP contribution in [0.1, 0.15) is 11.1 Å². The van der Waals surface area contributed by atoms with E-state index in [1.807, 2.05) is 36.4 Å². The van der Waals surface area contributed by atoms with Gasteiger partial charge in [0.15, 0.2) is 5.05 Å². The number of aliphatic hydroxyl groups excluding tert-OH is 1. The van der Waals surface area contributed by atoms with E-state index in [-0.39, 0.29) is 5.05 Å². The van der Waals surface area contributed by atoms with Crippen LogP contribution in [0.3, 0.4) is 0 Å². The van der Waals surface area contributed by atoms with Crippen LogP contribution in [-0.2, 0) is 0 Å². The molecule has 82 valence electrons. The maximum Gasteiger partial charge on any atom is 0.188 e. The monoisotopic (exact) mass is 230 g/mol. The van der Waals surface area contributed by atoms with E-state index in [0.717, 1.165) is 0 Å². The number of benzene rings is 2. The molecule has 2 aromatic rings. The number of aliphatic hydroxyl groups is 1. The SMILES string of the molecule is Cc1ccccc1.OC(=S)c1ccccc1. The first-order valence-corrected chi connectivity index (χ1v) is 5.41. The van der Waals surface area contributed by atoms with E-state index in [2.05, 4.69) is 31.3 Å². The van der Waals surface area contributed by atoms with E-state index < -0.39 is 0 Å². The fourth-order valence-electron chi connectivity index (χ4n) is 1.12. The van der Waals surface area contributed by atoms with Crippen molar-refractivity contribution in [3.8, 4) is 0 Å². The van der Waals surface area contributed by atoms with Gasteiger partial charge in [-0.3, -0.25) is 0 Å². The maximum atomic E-state index is 8.76. The van der Waals surface area contributed by atoms with Crippen LogP contribution in [0, 0.1) is 6.92 Å². The van der Waals surface area contributed by atoms with Gasteiger partial charge >= 0.3 is 0 Å². The van der Waals surface area contributed by atoms with Crippen molar-refractivity contribution in [3.05, 3.63) is 71.8 Å². The molecule has 0 heterocycles. The van der Waals surface area contributed by atoms with Gasteiger partial charge < -0.3 is 5.11 Å². The summed E-state index contributed by atoms with van der Waals surface area (Å²) in [6.45, 7) is 2.08. The quantitative estimate of drug-likeness (QED) is 0.749. The Balaban J connectivity index is 0.000000165. The molecular formula is C14H14OS. The molecule has 1 N–H and O–H groups in total. The molecule has 2 aromatic carbocycles. The second-order valence-corrected chi connectivity index (χ2v) is 3.71. The minimum Gasteiger partial charge on any atom is -0.499 e. The molecule has 0 aliphatic rings. The molecule has 0 aromatic heterocycles. The van der Waals surface area contributed by atoms with Crippen LogP contribution < -0.4 is 0 Å². The number of hydrogen-bond acceptors (Lipinski definition) is 1. The fraction of sp³-hybridized carbons (Fsp3) is 0.0714. The third-order valence-corrected chi connectivity index (χ3v) is 2.20. The highest BCUT2D eigenvalue weighted by Crippen LogP contribution is 1.97. The Labute approximate surface area is 101 Å². The molecule has 0 radical (unpaired) electrons. The summed E-state index contributed by atoms with van der Waals surface area (Å²) in [7, 11) is 0. The standard InChI is InChI=1S/C7H6OS.C7H8/c8-7(9)6-4-2-1-3-5-6;1-7-5-3-2-4-6-7/h1-5H,(H,8,9);2-6H,1H3. The molecule has 1 nitrogen and oxygen atoms in total. The molecule has 16 heavy (non-hydrogen) atoms. The summed E-state index contributed by atoms with van der Waals surface area (Å²) >= 11 is 4.52. The Morgan fingerprint density at radius 3 is 1.56 bits per heavy atom. The lowest BCUT2D eigenvalue weighted by molar-refractivity contribution is 0.571. The molecule has 0 spiro atoms. The van der Waals surface area contributed by atoms with Gasteiger partial charge in [0.1, 0.15) is 0 Å². The van der Waals surface area contributed by atoms with Gasteiger partial charge in [0.05, 0.1) is 0 Å². The molecule has 0 aliphatic carbocycles. The minimum atomic E-state index is -0.0457. The lowest BCUT2D eigenvalue weighted by atomic mass is 10.2. The Hall–Kier alpha value is -1.67. The molecule has 0 aliphatic heterocycles. The Bertz CT molecular complexity index is 423. The fourth-order valence-corrected chi connectivity index (χ4v) is 1.25. The second-order valence-electron chi connectivity index (χ2n) is 3.33. The first-order chi connectivity index (χ1) is 7.70. The Morgan fingerprint density at radius 2 is 1.31 bits per heavy atom. The highest BCUT2D eigenvalue weighted by molar-refractivity contribution is 7.80. The van der Waals surface area contributed by atoms with Crippen molar-refractivity contribution in [3.63, 3.8) is 0 Å². The summed E-state index contributed by atoms with van der Waals surface area (Å²) in [5, 5.41) is 8.71. The largest absolute Gasteiger partial charge is 0.499 e.